The number of benzene rings is 2. The van der Waals surface area contributed by atoms with Crippen LogP contribution in [0.3, 0.4) is 0 Å². The molecule has 8 heterocycles. The van der Waals surface area contributed by atoms with Gasteiger partial charge in [-0.2, -0.15) is 9.97 Å². The van der Waals surface area contributed by atoms with E-state index in [9.17, 15) is 14.3 Å². The molecule has 2 aromatic carbocycles. The number of pyridine rings is 1. The third kappa shape index (κ3) is 4.07. The number of phenols is 1. The molecule has 4 aromatic rings. The minimum Gasteiger partial charge on any atom is -0.508 e. The van der Waals surface area contributed by atoms with Crippen LogP contribution in [0.4, 0.5) is 14.6 Å². The maximum atomic E-state index is 17.4. The fraction of sp³-hybridized carbons (Fsp3) is 0.541. The summed E-state index contributed by atoms with van der Waals surface area (Å²) in [5.74, 6) is 0.411. The predicted octanol–water partition coefficient (Wildman–Crippen LogP) is 4.45. The van der Waals surface area contributed by atoms with Gasteiger partial charge in [-0.3, -0.25) is 9.69 Å². The first-order valence-electron chi connectivity index (χ1n) is 17.9. The molecule has 2 bridgehead atoms. The number of piperazine rings is 1. The molecule has 254 valence electrons. The average Bonchev–Trinajstić information content (AvgIpc) is 3.32. The zero-order valence-electron chi connectivity index (χ0n) is 27.2. The van der Waals surface area contributed by atoms with Crippen LogP contribution in [0.25, 0.3) is 32.9 Å². The highest BCUT2D eigenvalue weighted by molar-refractivity contribution is 6.03. The summed E-state index contributed by atoms with van der Waals surface area (Å²) in [4.78, 5) is 28.9. The molecule has 5 atom stereocenters. The fourth-order valence-electron chi connectivity index (χ4n) is 10.6. The van der Waals surface area contributed by atoms with Gasteiger partial charge in [-0.15, -0.1) is 0 Å². The molecule has 1 spiro atoms. The minimum absolute atomic E-state index is 0.0238. The van der Waals surface area contributed by atoms with Gasteiger partial charge in [-0.25, -0.2) is 8.78 Å². The van der Waals surface area contributed by atoms with Crippen molar-refractivity contribution in [3.05, 3.63) is 46.0 Å². The van der Waals surface area contributed by atoms with E-state index in [0.29, 0.717) is 78.9 Å². The highest BCUT2D eigenvalue weighted by Gasteiger charge is 2.62. The summed E-state index contributed by atoms with van der Waals surface area (Å²) in [6.07, 6.45) is 6.10. The van der Waals surface area contributed by atoms with Gasteiger partial charge in [-0.05, 0) is 72.9 Å². The van der Waals surface area contributed by atoms with Crippen LogP contribution in [0.15, 0.2) is 29.1 Å². The molecule has 49 heavy (non-hydrogen) atoms. The molecule has 2 N–H and O–H groups in total. The zero-order chi connectivity index (χ0) is 32.8. The molecule has 12 heteroatoms. The van der Waals surface area contributed by atoms with Crippen molar-refractivity contribution in [2.24, 2.45) is 5.41 Å². The van der Waals surface area contributed by atoms with Gasteiger partial charge in [0.2, 0.25) is 0 Å². The summed E-state index contributed by atoms with van der Waals surface area (Å²) in [5.41, 5.74) is 0.854. The van der Waals surface area contributed by atoms with E-state index in [4.69, 9.17) is 19.4 Å². The van der Waals surface area contributed by atoms with E-state index < -0.39 is 23.1 Å². The lowest BCUT2D eigenvalue weighted by molar-refractivity contribution is 0.107. The Bertz CT molecular complexity index is 2170. The van der Waals surface area contributed by atoms with Crippen molar-refractivity contribution >= 4 is 27.6 Å². The molecule has 2 aromatic heterocycles. The highest BCUT2D eigenvalue weighted by Crippen LogP contribution is 2.61. The molecule has 11 rings (SSSR count). The molecule has 10 nitrogen and oxygen atoms in total. The Hall–Kier alpha value is -4.03. The van der Waals surface area contributed by atoms with Crippen molar-refractivity contribution in [3.63, 3.8) is 0 Å². The van der Waals surface area contributed by atoms with Gasteiger partial charge < -0.3 is 29.4 Å². The second-order valence-corrected chi connectivity index (χ2v) is 15.8. The summed E-state index contributed by atoms with van der Waals surface area (Å²) in [7, 11) is 0. The summed E-state index contributed by atoms with van der Waals surface area (Å²) in [6, 6.07) is 7.45. The second-order valence-electron chi connectivity index (χ2n) is 15.8. The topological polar surface area (TPSA) is 105 Å². The molecule has 4 saturated heterocycles. The van der Waals surface area contributed by atoms with Crippen molar-refractivity contribution in [1.29, 1.82) is 0 Å². The van der Waals surface area contributed by atoms with Gasteiger partial charge in [0.1, 0.15) is 35.3 Å². The van der Waals surface area contributed by atoms with Crippen LogP contribution in [0, 0.1) is 11.2 Å². The second kappa shape index (κ2) is 9.81. The number of rotatable bonds is 4. The third-order valence-electron chi connectivity index (χ3n) is 12.9. The van der Waals surface area contributed by atoms with Crippen molar-refractivity contribution in [3.8, 4) is 28.6 Å². The predicted molar refractivity (Wildman–Crippen MR) is 179 cm³/mol. The lowest BCUT2D eigenvalue weighted by Crippen LogP contribution is -2.58. The number of hydrogen-bond acceptors (Lipinski definition) is 9. The molecule has 1 aliphatic carbocycles. The largest absolute Gasteiger partial charge is 0.508 e. The van der Waals surface area contributed by atoms with Crippen LogP contribution >= 0.6 is 0 Å². The molecule has 0 amide bonds. The minimum atomic E-state index is -0.905. The molecule has 6 aliphatic heterocycles. The van der Waals surface area contributed by atoms with Crippen LogP contribution < -0.4 is 25.2 Å². The Morgan fingerprint density at radius 1 is 1.14 bits per heavy atom. The lowest BCUT2D eigenvalue weighted by Gasteiger charge is -2.41. The maximum Gasteiger partial charge on any atom is 0.319 e. The van der Waals surface area contributed by atoms with Crippen molar-refractivity contribution in [1.82, 2.24) is 24.8 Å². The number of nitrogens with one attached hydrogen (secondary N) is 1. The first-order chi connectivity index (χ1) is 23.8. The van der Waals surface area contributed by atoms with Gasteiger partial charge in [0.15, 0.2) is 11.6 Å². The monoisotopic (exact) mass is 668 g/mol. The van der Waals surface area contributed by atoms with Crippen LogP contribution in [0.2, 0.25) is 0 Å². The lowest BCUT2D eigenvalue weighted by atomic mass is 9.89. The number of ether oxygens (including phenoxy) is 2. The van der Waals surface area contributed by atoms with Crippen molar-refractivity contribution < 1.29 is 23.4 Å². The van der Waals surface area contributed by atoms with E-state index in [1.165, 1.54) is 6.07 Å². The van der Waals surface area contributed by atoms with E-state index in [2.05, 4.69) is 15.1 Å². The number of fused-ring (bicyclic) bond motifs is 9. The number of aryl methyl sites for hydroxylation is 1. The Balaban J connectivity index is 1.11. The third-order valence-corrected chi connectivity index (χ3v) is 12.9. The molecular formula is C37H38F2N6O4. The highest BCUT2D eigenvalue weighted by atomic mass is 19.1. The zero-order valence-corrected chi connectivity index (χ0v) is 27.2. The van der Waals surface area contributed by atoms with Crippen molar-refractivity contribution in [2.75, 3.05) is 37.7 Å². The molecule has 0 radical (unpaired) electrons. The molecule has 3 unspecified atom stereocenters. The number of anilines is 1. The van der Waals surface area contributed by atoms with Crippen molar-refractivity contribution in [2.45, 2.75) is 87.7 Å². The quantitative estimate of drug-likeness (QED) is 0.327. The summed E-state index contributed by atoms with van der Waals surface area (Å²) in [6.45, 7) is 3.09. The molecule has 5 fully saturated rings. The average molecular weight is 669 g/mol. The van der Waals surface area contributed by atoms with Crippen LogP contribution in [0.1, 0.15) is 50.5 Å². The standard InChI is InChI=1S/C37H38F2N6O4/c38-20-13-37(16-36(7-8-36)17-43(37)14-20)18-49-35-41-31-30(39)29(24-12-22(46)11-19-1-4-27-23(28(19)24)6-10-48-27)34(47)44-9-5-26-25-3-2-21(40-25)15-45(26)33(42-35)32(31)44/h1,4,11-12,20-21,25-26,40,46H,2-3,5-10,13-18H2/t20-,21?,25?,26?,37-/m1/s1. The fourth-order valence-corrected chi connectivity index (χ4v) is 10.6. The first kappa shape index (κ1) is 28.8. The van der Waals surface area contributed by atoms with Gasteiger partial charge in [-0.1, -0.05) is 6.07 Å². The summed E-state index contributed by atoms with van der Waals surface area (Å²) in [5, 5.41) is 16.0. The van der Waals surface area contributed by atoms with Gasteiger partial charge >= 0.3 is 6.01 Å². The Morgan fingerprint density at radius 2 is 2.04 bits per heavy atom. The normalized spacial score (nSPS) is 30.4. The smallest absolute Gasteiger partial charge is 0.319 e. The van der Waals surface area contributed by atoms with E-state index in [1.807, 2.05) is 12.1 Å². The van der Waals surface area contributed by atoms with Crippen LogP contribution in [0.5, 0.6) is 17.5 Å². The number of aromatic nitrogens is 3. The van der Waals surface area contributed by atoms with Crippen LogP contribution in [-0.2, 0) is 13.0 Å². The van der Waals surface area contributed by atoms with E-state index in [0.717, 1.165) is 44.2 Å². The maximum absolute atomic E-state index is 17.4. The number of alkyl halides is 1. The number of hydrogen-bond donors (Lipinski definition) is 2. The number of aromatic hydroxyl groups is 1. The number of nitrogens with zero attached hydrogens (tertiary/aromatic N) is 5. The summed E-state index contributed by atoms with van der Waals surface area (Å²) < 4.78 is 46.2. The van der Waals surface area contributed by atoms with E-state index >= 15 is 4.39 Å². The van der Waals surface area contributed by atoms with Gasteiger partial charge in [0, 0.05) is 68.3 Å². The Morgan fingerprint density at radius 3 is 2.92 bits per heavy atom. The number of halogens is 2. The van der Waals surface area contributed by atoms with Crippen LogP contribution in [-0.4, -0.2) is 87.2 Å². The van der Waals surface area contributed by atoms with Gasteiger partial charge in [0.25, 0.3) is 5.56 Å². The molecule has 7 aliphatic rings. The van der Waals surface area contributed by atoms with Gasteiger partial charge in [0.05, 0.1) is 17.7 Å². The molecular weight excluding hydrogens is 630 g/mol. The van der Waals surface area contributed by atoms with E-state index in [1.54, 1.807) is 10.6 Å². The molecule has 1 saturated carbocycles. The summed E-state index contributed by atoms with van der Waals surface area (Å²) >= 11 is 0. The SMILES string of the molecule is O=c1c(-c2cc(O)cc3ccc4c(c23)CCO4)c(F)c2nc(OC[C@]34C[C@@H](F)CN3CC3(CC3)C4)nc3c2n1CCC1C2CCC(CN31)N2. The Kier molecular flexibility index (Phi) is 5.76. The number of phenolic OH excluding ortho intramolecular Hbond substituents is 1. The Labute approximate surface area is 281 Å². The van der Waals surface area contributed by atoms with E-state index in [-0.39, 0.29) is 53.0 Å². The first-order valence-corrected chi connectivity index (χ1v) is 17.9.